The number of carbonyl (C=O) groups excluding carboxylic acids is 3. The molecule has 1 rings (SSSR count). The molecule has 0 aliphatic carbocycles. The molecule has 1 heterocycles. The molecule has 0 spiro atoms. The summed E-state index contributed by atoms with van der Waals surface area (Å²) in [6.45, 7) is 14.8. The third-order valence-electron chi connectivity index (χ3n) is 5.08. The summed E-state index contributed by atoms with van der Waals surface area (Å²) in [4.78, 5) is 38.6. The molecule has 0 aromatic heterocycles. The molecule has 0 aromatic rings. The summed E-state index contributed by atoms with van der Waals surface area (Å²) >= 11 is 0. The van der Waals surface area contributed by atoms with Gasteiger partial charge in [-0.1, -0.05) is 20.8 Å². The van der Waals surface area contributed by atoms with Crippen LogP contribution in [0.4, 0.5) is 4.79 Å². The summed E-state index contributed by atoms with van der Waals surface area (Å²) in [5.41, 5.74) is -2.64. The molecule has 156 valence electrons. The van der Waals surface area contributed by atoms with Crippen molar-refractivity contribution in [1.82, 2.24) is 4.90 Å². The van der Waals surface area contributed by atoms with E-state index in [0.717, 1.165) is 0 Å². The highest BCUT2D eigenvalue weighted by atomic mass is 28.4. The Morgan fingerprint density at radius 1 is 1.22 bits per heavy atom. The van der Waals surface area contributed by atoms with Gasteiger partial charge in [0.05, 0.1) is 13.7 Å². The van der Waals surface area contributed by atoms with Crippen molar-refractivity contribution in [3.8, 4) is 0 Å². The quantitative estimate of drug-likeness (QED) is 0.568. The Hall–Kier alpha value is -1.45. The number of amides is 2. The van der Waals surface area contributed by atoms with Gasteiger partial charge in [0.2, 0.25) is 0 Å². The average Bonchev–Trinajstić information content (AvgIpc) is 2.74. The van der Waals surface area contributed by atoms with Crippen molar-refractivity contribution in [3.05, 3.63) is 0 Å². The number of carbonyl (C=O) groups is 3. The van der Waals surface area contributed by atoms with Crippen LogP contribution in [0, 0.1) is 0 Å². The van der Waals surface area contributed by atoms with E-state index in [2.05, 4.69) is 0 Å². The average molecular weight is 404 g/mol. The highest BCUT2D eigenvalue weighted by Gasteiger charge is 2.61. The Labute approximate surface area is 162 Å². The number of hydrogen-bond donors (Lipinski definition) is 1. The lowest BCUT2D eigenvalue weighted by molar-refractivity contribution is -0.159. The fourth-order valence-corrected chi connectivity index (χ4v) is 3.53. The number of imide groups is 1. The van der Waals surface area contributed by atoms with Gasteiger partial charge in [0.1, 0.15) is 11.7 Å². The third-order valence-corrected chi connectivity index (χ3v) is 9.56. The number of rotatable bonds is 4. The molecule has 8 nitrogen and oxygen atoms in total. The summed E-state index contributed by atoms with van der Waals surface area (Å²) in [5.74, 6) is -1.72. The van der Waals surface area contributed by atoms with E-state index in [-0.39, 0.29) is 18.1 Å². The minimum atomic E-state index is -2.31. The first-order valence-corrected chi connectivity index (χ1v) is 11.9. The molecule has 1 aliphatic rings. The molecule has 2 atom stereocenters. The predicted octanol–water partition coefficient (Wildman–Crippen LogP) is 2.45. The van der Waals surface area contributed by atoms with Crippen molar-refractivity contribution in [3.63, 3.8) is 0 Å². The molecule has 9 heteroatoms. The van der Waals surface area contributed by atoms with Crippen LogP contribution in [0.2, 0.25) is 18.1 Å². The second kappa shape index (κ2) is 7.52. The van der Waals surface area contributed by atoms with Crippen LogP contribution in [0.1, 0.15) is 48.0 Å². The summed E-state index contributed by atoms with van der Waals surface area (Å²) in [7, 11) is -1.15. The Morgan fingerprint density at radius 3 is 2.15 bits per heavy atom. The molecular weight excluding hydrogens is 370 g/mol. The highest BCUT2D eigenvalue weighted by Crippen LogP contribution is 2.40. The van der Waals surface area contributed by atoms with Crippen molar-refractivity contribution < 1.29 is 33.4 Å². The number of hydrogen-bond acceptors (Lipinski definition) is 7. The molecule has 1 aliphatic heterocycles. The monoisotopic (exact) mass is 403 g/mol. The fraction of sp³-hybridized carbons (Fsp3) is 0.833. The number of likely N-dealkylation sites (tertiary alicyclic amines) is 1. The van der Waals surface area contributed by atoms with Crippen LogP contribution in [0.25, 0.3) is 0 Å². The number of methoxy groups -OCH3 is 1. The Balaban J connectivity index is 3.33. The van der Waals surface area contributed by atoms with E-state index in [1.807, 2.05) is 33.9 Å². The lowest BCUT2D eigenvalue weighted by Gasteiger charge is -2.41. The van der Waals surface area contributed by atoms with Gasteiger partial charge in [0.25, 0.3) is 5.91 Å². The van der Waals surface area contributed by atoms with Gasteiger partial charge >= 0.3 is 12.1 Å². The van der Waals surface area contributed by atoms with Gasteiger partial charge < -0.3 is 19.0 Å². The molecular formula is C18H33NO7Si. The van der Waals surface area contributed by atoms with E-state index in [1.165, 1.54) is 7.11 Å². The van der Waals surface area contributed by atoms with Gasteiger partial charge in [0.15, 0.2) is 13.9 Å². The highest BCUT2D eigenvalue weighted by molar-refractivity contribution is 6.74. The summed E-state index contributed by atoms with van der Waals surface area (Å²) in [6, 6.07) is 0. The van der Waals surface area contributed by atoms with Crippen LogP contribution in [0.15, 0.2) is 0 Å². The third kappa shape index (κ3) is 4.88. The molecule has 1 fully saturated rings. The second-order valence-corrected chi connectivity index (χ2v) is 14.3. The topological polar surface area (TPSA) is 102 Å². The largest absolute Gasteiger partial charge is 0.467 e. The van der Waals surface area contributed by atoms with Gasteiger partial charge in [-0.05, 0) is 38.9 Å². The molecule has 1 saturated heterocycles. The minimum Gasteiger partial charge on any atom is -0.467 e. The van der Waals surface area contributed by atoms with Crippen molar-refractivity contribution in [2.75, 3.05) is 13.7 Å². The Bertz CT molecular complexity index is 606. The SMILES string of the molecule is COC(=O)[C@@]1(CO[Si](C)(C)C(C)(C)C)C[C@@H](O)C(=O)N1C(=O)OC(C)(C)C. The van der Waals surface area contributed by atoms with Crippen molar-refractivity contribution in [1.29, 1.82) is 0 Å². The van der Waals surface area contributed by atoms with Crippen LogP contribution < -0.4 is 0 Å². The number of esters is 1. The number of ether oxygens (including phenoxy) is 2. The lowest BCUT2D eigenvalue weighted by Crippen LogP contribution is -2.60. The molecule has 27 heavy (non-hydrogen) atoms. The maximum Gasteiger partial charge on any atom is 0.418 e. The lowest BCUT2D eigenvalue weighted by atomic mass is 9.97. The summed E-state index contributed by atoms with van der Waals surface area (Å²) in [5, 5.41) is 9.98. The van der Waals surface area contributed by atoms with Crippen LogP contribution in [-0.2, 0) is 23.5 Å². The zero-order valence-electron chi connectivity index (χ0n) is 17.8. The first kappa shape index (κ1) is 23.6. The molecule has 0 saturated carbocycles. The van der Waals surface area contributed by atoms with E-state index >= 15 is 0 Å². The van der Waals surface area contributed by atoms with E-state index in [4.69, 9.17) is 13.9 Å². The van der Waals surface area contributed by atoms with E-state index in [1.54, 1.807) is 20.8 Å². The normalized spacial score (nSPS) is 24.1. The van der Waals surface area contributed by atoms with E-state index in [9.17, 15) is 19.5 Å². The summed E-state index contributed by atoms with van der Waals surface area (Å²) < 4.78 is 16.3. The molecule has 0 unspecified atom stereocenters. The minimum absolute atomic E-state index is 0.151. The standard InChI is InChI=1S/C18H33NO7Si/c1-16(2,3)26-15(23)19-13(21)12(20)10-18(19,14(22)24-7)11-25-27(8,9)17(4,5)6/h12,20H,10-11H2,1-9H3/t12-,18+/m1/s1. The maximum atomic E-state index is 12.7. The smallest absolute Gasteiger partial charge is 0.418 e. The zero-order chi connectivity index (χ0) is 21.4. The Morgan fingerprint density at radius 2 is 1.74 bits per heavy atom. The van der Waals surface area contributed by atoms with Gasteiger partial charge in [-0.2, -0.15) is 0 Å². The van der Waals surface area contributed by atoms with Gasteiger partial charge in [-0.3, -0.25) is 4.79 Å². The van der Waals surface area contributed by atoms with Crippen molar-refractivity contribution in [2.24, 2.45) is 0 Å². The number of aliphatic hydroxyl groups excluding tert-OH is 1. The van der Waals surface area contributed by atoms with Crippen LogP contribution in [-0.4, -0.2) is 67.3 Å². The first-order valence-electron chi connectivity index (χ1n) is 8.96. The van der Waals surface area contributed by atoms with Gasteiger partial charge in [-0.25, -0.2) is 14.5 Å². The second-order valence-electron chi connectivity index (χ2n) is 9.45. The molecule has 2 amide bonds. The van der Waals surface area contributed by atoms with E-state index < -0.39 is 43.5 Å². The predicted molar refractivity (Wildman–Crippen MR) is 102 cm³/mol. The van der Waals surface area contributed by atoms with Crippen molar-refractivity contribution in [2.45, 2.75) is 83.3 Å². The summed E-state index contributed by atoms with van der Waals surface area (Å²) in [6.07, 6.45) is -2.82. The zero-order valence-corrected chi connectivity index (χ0v) is 18.8. The van der Waals surface area contributed by atoms with Gasteiger partial charge in [-0.15, -0.1) is 0 Å². The molecule has 0 radical (unpaired) electrons. The van der Waals surface area contributed by atoms with Crippen LogP contribution in [0.5, 0.6) is 0 Å². The Kier molecular flexibility index (Phi) is 6.57. The van der Waals surface area contributed by atoms with Crippen LogP contribution >= 0.6 is 0 Å². The molecule has 0 aromatic carbocycles. The fourth-order valence-electron chi connectivity index (χ4n) is 2.49. The first-order chi connectivity index (χ1) is 12.0. The van der Waals surface area contributed by atoms with Gasteiger partial charge in [0, 0.05) is 6.42 Å². The molecule has 1 N–H and O–H groups in total. The number of aliphatic hydroxyl groups is 1. The van der Waals surface area contributed by atoms with E-state index in [0.29, 0.717) is 4.90 Å². The number of nitrogens with zero attached hydrogens (tertiary/aromatic N) is 1. The van der Waals surface area contributed by atoms with Crippen molar-refractivity contribution >= 4 is 26.3 Å². The van der Waals surface area contributed by atoms with Crippen LogP contribution in [0.3, 0.4) is 0 Å². The molecule has 0 bridgehead atoms. The maximum absolute atomic E-state index is 12.7.